The Morgan fingerprint density at radius 1 is 1.15 bits per heavy atom. The third-order valence-corrected chi connectivity index (χ3v) is 1.62. The molecule has 0 aliphatic heterocycles. The van der Waals surface area contributed by atoms with Crippen LogP contribution in [0.4, 0.5) is 5.69 Å². The van der Waals surface area contributed by atoms with Gasteiger partial charge in [-0.25, -0.2) is 0 Å². The summed E-state index contributed by atoms with van der Waals surface area (Å²) >= 11 is 0. The highest BCUT2D eigenvalue weighted by Crippen LogP contribution is 2.12. The molecule has 0 aliphatic rings. The lowest BCUT2D eigenvalue weighted by molar-refractivity contribution is 0.831. The van der Waals surface area contributed by atoms with E-state index in [9.17, 15) is 0 Å². The summed E-state index contributed by atoms with van der Waals surface area (Å²) in [6.45, 7) is 1.54. The van der Waals surface area contributed by atoms with E-state index >= 15 is 0 Å². The van der Waals surface area contributed by atoms with Crippen LogP contribution in [-0.2, 0) is 0 Å². The summed E-state index contributed by atoms with van der Waals surface area (Å²) in [6.07, 6.45) is 0. The third-order valence-electron chi connectivity index (χ3n) is 1.62. The van der Waals surface area contributed by atoms with E-state index in [4.69, 9.17) is 10.5 Å². The number of hydrogen-bond donors (Lipinski definition) is 1. The average Bonchev–Trinajstić information content (AvgIpc) is 2.19. The molecule has 0 radical (unpaired) electrons. The Bertz CT molecular complexity index is 342. The van der Waals surface area contributed by atoms with Crippen LogP contribution in [0.3, 0.4) is 0 Å². The molecule has 0 saturated carbocycles. The summed E-state index contributed by atoms with van der Waals surface area (Å²) in [4.78, 5) is 0. The Hall–Kier alpha value is -2.00. The molecule has 0 fully saturated rings. The first-order valence-corrected chi connectivity index (χ1v) is 3.86. The van der Waals surface area contributed by atoms with Crippen LogP contribution in [0.25, 0.3) is 0 Å². The molecule has 1 N–H and O–H groups in total. The lowest BCUT2D eigenvalue weighted by Crippen LogP contribution is -2.30. The molecule has 0 aliphatic carbocycles. The van der Waals surface area contributed by atoms with Gasteiger partial charge in [-0.15, -0.1) is 0 Å². The van der Waals surface area contributed by atoms with Gasteiger partial charge in [0.1, 0.15) is 12.1 Å². The molecule has 0 atom stereocenters. The number of anilines is 1. The van der Waals surface area contributed by atoms with Gasteiger partial charge in [-0.2, -0.15) is 10.5 Å². The zero-order valence-corrected chi connectivity index (χ0v) is 7.28. The maximum Gasteiger partial charge on any atom is 0.209 e. The molecule has 0 aromatic heterocycles. The van der Waals surface area contributed by atoms with Crippen molar-refractivity contribution in [2.75, 3.05) is 5.32 Å². The Kier molecular flexibility index (Phi) is 2.52. The minimum Gasteiger partial charge on any atom is -0.356 e. The van der Waals surface area contributed by atoms with E-state index in [0.29, 0.717) is 0 Å². The zero-order valence-electron chi connectivity index (χ0n) is 7.28. The fourth-order valence-electron chi connectivity index (χ4n) is 0.891. The maximum absolute atomic E-state index is 8.71. The number of hydrogen-bond acceptors (Lipinski definition) is 3. The minimum atomic E-state index is -1.15. The van der Waals surface area contributed by atoms with Gasteiger partial charge in [0.15, 0.2) is 0 Å². The highest BCUT2D eigenvalue weighted by atomic mass is 15.0. The van der Waals surface area contributed by atoms with Crippen LogP contribution >= 0.6 is 0 Å². The Balaban J connectivity index is 2.83. The standard InChI is InChI=1S/C10H9N3/c1-10(7-11,8-12)13-9-5-3-2-4-6-9/h2-6,13H,1H3. The summed E-state index contributed by atoms with van der Waals surface area (Å²) in [5, 5.41) is 20.3. The summed E-state index contributed by atoms with van der Waals surface area (Å²) in [5.74, 6) is 0. The zero-order chi connectivity index (χ0) is 9.73. The quantitative estimate of drug-likeness (QED) is 0.739. The number of nitriles is 2. The van der Waals surface area contributed by atoms with Crippen molar-refractivity contribution in [2.45, 2.75) is 12.5 Å². The minimum absolute atomic E-state index is 0.771. The average molecular weight is 171 g/mol. The first-order chi connectivity index (χ1) is 6.20. The van der Waals surface area contributed by atoms with Crippen LogP contribution in [0.5, 0.6) is 0 Å². The summed E-state index contributed by atoms with van der Waals surface area (Å²) in [5.41, 5.74) is -0.380. The van der Waals surface area contributed by atoms with E-state index in [0.717, 1.165) is 5.69 Å². The molecule has 0 saturated heterocycles. The second kappa shape index (κ2) is 3.60. The lowest BCUT2D eigenvalue weighted by Gasteiger charge is -2.15. The molecular weight excluding hydrogens is 162 g/mol. The number of nitrogens with one attached hydrogen (secondary N) is 1. The van der Waals surface area contributed by atoms with Crippen molar-refractivity contribution >= 4 is 5.69 Å². The first kappa shape index (κ1) is 9.09. The van der Waals surface area contributed by atoms with Crippen molar-refractivity contribution in [3.63, 3.8) is 0 Å². The summed E-state index contributed by atoms with van der Waals surface area (Å²) < 4.78 is 0. The van der Waals surface area contributed by atoms with Crippen molar-refractivity contribution in [2.24, 2.45) is 0 Å². The Morgan fingerprint density at radius 2 is 1.69 bits per heavy atom. The molecule has 3 nitrogen and oxygen atoms in total. The van der Waals surface area contributed by atoms with E-state index in [1.807, 2.05) is 42.5 Å². The van der Waals surface area contributed by atoms with Crippen molar-refractivity contribution in [3.05, 3.63) is 30.3 Å². The van der Waals surface area contributed by atoms with Crippen LogP contribution in [-0.4, -0.2) is 5.54 Å². The molecule has 64 valence electrons. The number of nitrogens with zero attached hydrogens (tertiary/aromatic N) is 2. The van der Waals surface area contributed by atoms with Gasteiger partial charge in [-0.1, -0.05) is 18.2 Å². The van der Waals surface area contributed by atoms with Crippen LogP contribution in [0, 0.1) is 22.7 Å². The second-order valence-corrected chi connectivity index (χ2v) is 2.84. The Morgan fingerprint density at radius 3 is 2.15 bits per heavy atom. The van der Waals surface area contributed by atoms with E-state index in [1.54, 1.807) is 6.92 Å². The van der Waals surface area contributed by atoms with Crippen molar-refractivity contribution in [3.8, 4) is 12.1 Å². The van der Waals surface area contributed by atoms with Gasteiger partial charge in [0.05, 0.1) is 0 Å². The fraction of sp³-hybridized carbons (Fsp3) is 0.200. The van der Waals surface area contributed by atoms with Crippen LogP contribution < -0.4 is 5.32 Å². The highest BCUT2D eigenvalue weighted by molar-refractivity contribution is 5.49. The Labute approximate surface area is 77.2 Å². The van der Waals surface area contributed by atoms with Crippen LogP contribution in [0.2, 0.25) is 0 Å². The fourth-order valence-corrected chi connectivity index (χ4v) is 0.891. The normalized spacial score (nSPS) is 9.77. The molecular formula is C10H9N3. The van der Waals surface area contributed by atoms with Gasteiger partial charge in [0, 0.05) is 5.69 Å². The number of rotatable bonds is 2. The van der Waals surface area contributed by atoms with Gasteiger partial charge in [0.2, 0.25) is 5.54 Å². The van der Waals surface area contributed by atoms with Gasteiger partial charge >= 0.3 is 0 Å². The SMILES string of the molecule is CC(C#N)(C#N)Nc1ccccc1. The second-order valence-electron chi connectivity index (χ2n) is 2.84. The van der Waals surface area contributed by atoms with Crippen molar-refractivity contribution in [1.82, 2.24) is 0 Å². The third kappa shape index (κ3) is 2.21. The van der Waals surface area contributed by atoms with Crippen molar-refractivity contribution < 1.29 is 0 Å². The van der Waals surface area contributed by atoms with Crippen LogP contribution in [0.1, 0.15) is 6.92 Å². The molecule has 1 rings (SSSR count). The molecule has 0 amide bonds. The topological polar surface area (TPSA) is 59.6 Å². The lowest BCUT2D eigenvalue weighted by atomic mass is 10.1. The first-order valence-electron chi connectivity index (χ1n) is 3.86. The van der Waals surface area contributed by atoms with Gasteiger partial charge in [-0.05, 0) is 19.1 Å². The predicted octanol–water partition coefficient (Wildman–Crippen LogP) is 1.90. The summed E-state index contributed by atoms with van der Waals surface area (Å²) in [6, 6.07) is 13.0. The van der Waals surface area contributed by atoms with Gasteiger partial charge < -0.3 is 5.32 Å². The maximum atomic E-state index is 8.71. The molecule has 13 heavy (non-hydrogen) atoms. The molecule has 0 spiro atoms. The molecule has 3 heteroatoms. The van der Waals surface area contributed by atoms with Crippen LogP contribution in [0.15, 0.2) is 30.3 Å². The highest BCUT2D eigenvalue weighted by Gasteiger charge is 2.21. The summed E-state index contributed by atoms with van der Waals surface area (Å²) in [7, 11) is 0. The van der Waals surface area contributed by atoms with Gasteiger partial charge in [-0.3, -0.25) is 0 Å². The molecule has 0 unspecified atom stereocenters. The van der Waals surface area contributed by atoms with Crippen molar-refractivity contribution in [1.29, 1.82) is 10.5 Å². The smallest absolute Gasteiger partial charge is 0.209 e. The molecule has 1 aromatic rings. The predicted molar refractivity (Wildman–Crippen MR) is 49.7 cm³/mol. The van der Waals surface area contributed by atoms with E-state index in [2.05, 4.69) is 5.32 Å². The van der Waals surface area contributed by atoms with Gasteiger partial charge in [0.25, 0.3) is 0 Å². The monoisotopic (exact) mass is 171 g/mol. The largest absolute Gasteiger partial charge is 0.356 e. The molecule has 0 heterocycles. The number of benzene rings is 1. The van der Waals surface area contributed by atoms with E-state index in [1.165, 1.54) is 0 Å². The molecule has 0 bridgehead atoms. The van der Waals surface area contributed by atoms with E-state index in [-0.39, 0.29) is 0 Å². The number of para-hydroxylation sites is 1. The molecule has 1 aromatic carbocycles. The van der Waals surface area contributed by atoms with E-state index < -0.39 is 5.54 Å².